The van der Waals surface area contributed by atoms with Gasteiger partial charge in [-0.1, -0.05) is 136 Å². The predicted octanol–water partition coefficient (Wildman–Crippen LogP) is 10.2. The molecule has 1 heteroatoms. The van der Waals surface area contributed by atoms with E-state index in [1.54, 1.807) is 0 Å². The summed E-state index contributed by atoms with van der Waals surface area (Å²) in [6, 6.07) is 51.3. The average Bonchev–Trinajstić information content (AvgIpc) is 2.99. The number of fused-ring (bicyclic) bond motifs is 2. The van der Waals surface area contributed by atoms with Crippen LogP contribution in [0.15, 0.2) is 140 Å². The van der Waals surface area contributed by atoms with Crippen molar-refractivity contribution in [2.24, 2.45) is 0 Å². The van der Waals surface area contributed by atoms with Crippen molar-refractivity contribution < 1.29 is 0 Å². The first-order chi connectivity index (χ1) is 19.5. The van der Waals surface area contributed by atoms with Gasteiger partial charge in [0.2, 0.25) is 0 Å². The number of nitrogens with one attached hydrogen (secondary N) is 1. The van der Waals surface area contributed by atoms with E-state index in [0.29, 0.717) is 0 Å². The molecule has 1 aliphatic rings. The third kappa shape index (κ3) is 3.77. The maximum Gasteiger partial charge on any atom is 0.0713 e. The summed E-state index contributed by atoms with van der Waals surface area (Å²) in [7, 11) is 0. The van der Waals surface area contributed by atoms with Gasteiger partial charge in [-0.15, -0.1) is 0 Å². The highest BCUT2D eigenvalue weighted by molar-refractivity contribution is 6.05. The number of hydrogen-bond acceptors (Lipinski definition) is 1. The van der Waals surface area contributed by atoms with Crippen LogP contribution in [0.4, 0.5) is 11.4 Å². The lowest BCUT2D eigenvalue weighted by molar-refractivity contribution is 0.590. The minimum atomic E-state index is -0.432. The van der Waals surface area contributed by atoms with Crippen LogP contribution in [0.25, 0.3) is 21.9 Å². The van der Waals surface area contributed by atoms with E-state index in [0.717, 1.165) is 11.4 Å². The zero-order valence-electron chi connectivity index (χ0n) is 23.3. The Bertz CT molecular complexity index is 1780. The fraction of sp³-hybridized carbons (Fsp3) is 0.128. The van der Waals surface area contributed by atoms with Crippen LogP contribution in [0.2, 0.25) is 0 Å². The third-order valence-corrected chi connectivity index (χ3v) is 8.48. The Morgan fingerprint density at radius 3 is 1.73 bits per heavy atom. The molecular formula is C39H33N. The van der Waals surface area contributed by atoms with Crippen LogP contribution in [0.3, 0.4) is 0 Å². The van der Waals surface area contributed by atoms with Gasteiger partial charge in [-0.3, -0.25) is 0 Å². The molecule has 1 aliphatic carbocycles. The number of anilines is 2. The lowest BCUT2D eigenvalue weighted by Gasteiger charge is -2.42. The fourth-order valence-corrected chi connectivity index (χ4v) is 6.58. The van der Waals surface area contributed by atoms with Crippen molar-refractivity contribution in [3.63, 3.8) is 0 Å². The highest BCUT2D eigenvalue weighted by Crippen LogP contribution is 2.55. The van der Waals surface area contributed by atoms with E-state index < -0.39 is 5.41 Å². The Morgan fingerprint density at radius 1 is 0.500 bits per heavy atom. The predicted molar refractivity (Wildman–Crippen MR) is 170 cm³/mol. The molecule has 0 saturated heterocycles. The molecular weight excluding hydrogens is 482 g/mol. The molecule has 194 valence electrons. The molecule has 0 atom stereocenters. The SMILES string of the molecule is CC(C)(C)c1ccc(Nc2ccc3c(c2)-c2cccc4cccc(c24)C3(c2ccccc2)c2ccccc2)cc1. The Kier molecular flexibility index (Phi) is 5.64. The van der Waals surface area contributed by atoms with Gasteiger partial charge in [0.15, 0.2) is 0 Å². The van der Waals surface area contributed by atoms with Crippen molar-refractivity contribution in [2.75, 3.05) is 5.32 Å². The Morgan fingerprint density at radius 2 is 1.10 bits per heavy atom. The summed E-state index contributed by atoms with van der Waals surface area (Å²) in [6.07, 6.45) is 0. The molecule has 0 aliphatic heterocycles. The number of hydrogen-bond donors (Lipinski definition) is 1. The summed E-state index contributed by atoms with van der Waals surface area (Å²) < 4.78 is 0. The molecule has 0 unspecified atom stereocenters. The second kappa shape index (κ2) is 9.24. The van der Waals surface area contributed by atoms with Gasteiger partial charge in [0, 0.05) is 11.4 Å². The molecule has 0 fully saturated rings. The highest BCUT2D eigenvalue weighted by Gasteiger charge is 2.44. The second-order valence-corrected chi connectivity index (χ2v) is 11.9. The van der Waals surface area contributed by atoms with Crippen LogP contribution in [-0.2, 0) is 10.8 Å². The largest absolute Gasteiger partial charge is 0.356 e. The van der Waals surface area contributed by atoms with Crippen molar-refractivity contribution in [2.45, 2.75) is 31.6 Å². The molecule has 0 bridgehead atoms. The van der Waals surface area contributed by atoms with Gasteiger partial charge in [0.25, 0.3) is 0 Å². The van der Waals surface area contributed by atoms with Crippen LogP contribution >= 0.6 is 0 Å². The summed E-state index contributed by atoms with van der Waals surface area (Å²) in [4.78, 5) is 0. The van der Waals surface area contributed by atoms with E-state index in [2.05, 4.69) is 166 Å². The molecule has 0 amide bonds. The van der Waals surface area contributed by atoms with E-state index >= 15 is 0 Å². The van der Waals surface area contributed by atoms with E-state index in [-0.39, 0.29) is 5.41 Å². The second-order valence-electron chi connectivity index (χ2n) is 11.9. The molecule has 7 rings (SSSR count). The average molecular weight is 516 g/mol. The molecule has 6 aromatic rings. The fourth-order valence-electron chi connectivity index (χ4n) is 6.58. The lowest BCUT2D eigenvalue weighted by atomic mass is 9.59. The zero-order chi connectivity index (χ0) is 27.3. The molecule has 6 aromatic carbocycles. The topological polar surface area (TPSA) is 12.0 Å². The van der Waals surface area contributed by atoms with E-state index in [4.69, 9.17) is 0 Å². The lowest BCUT2D eigenvalue weighted by Crippen LogP contribution is -2.33. The van der Waals surface area contributed by atoms with Crippen molar-refractivity contribution in [3.05, 3.63) is 167 Å². The zero-order valence-corrected chi connectivity index (χ0v) is 23.3. The summed E-state index contributed by atoms with van der Waals surface area (Å²) in [6.45, 7) is 6.76. The summed E-state index contributed by atoms with van der Waals surface area (Å²) in [5.41, 5.74) is 11.0. The summed E-state index contributed by atoms with van der Waals surface area (Å²) >= 11 is 0. The minimum absolute atomic E-state index is 0.134. The van der Waals surface area contributed by atoms with Crippen LogP contribution in [0.1, 0.15) is 48.6 Å². The first-order valence-electron chi connectivity index (χ1n) is 14.1. The van der Waals surface area contributed by atoms with Crippen LogP contribution in [0, 0.1) is 0 Å². The van der Waals surface area contributed by atoms with Gasteiger partial charge in [0.05, 0.1) is 5.41 Å². The van der Waals surface area contributed by atoms with E-state index in [1.165, 1.54) is 49.7 Å². The minimum Gasteiger partial charge on any atom is -0.356 e. The van der Waals surface area contributed by atoms with E-state index in [9.17, 15) is 0 Å². The molecule has 0 saturated carbocycles. The monoisotopic (exact) mass is 515 g/mol. The van der Waals surface area contributed by atoms with Gasteiger partial charge >= 0.3 is 0 Å². The van der Waals surface area contributed by atoms with Crippen molar-refractivity contribution in [1.29, 1.82) is 0 Å². The Labute approximate surface area is 237 Å². The van der Waals surface area contributed by atoms with Gasteiger partial charge in [-0.25, -0.2) is 0 Å². The van der Waals surface area contributed by atoms with E-state index in [1.807, 2.05) is 0 Å². The smallest absolute Gasteiger partial charge is 0.0713 e. The third-order valence-electron chi connectivity index (χ3n) is 8.48. The summed E-state index contributed by atoms with van der Waals surface area (Å²) in [5.74, 6) is 0. The summed E-state index contributed by atoms with van der Waals surface area (Å²) in [5, 5.41) is 6.30. The molecule has 1 N–H and O–H groups in total. The van der Waals surface area contributed by atoms with Crippen molar-refractivity contribution >= 4 is 22.1 Å². The quantitative estimate of drug-likeness (QED) is 0.246. The molecule has 0 spiro atoms. The number of benzene rings is 6. The van der Waals surface area contributed by atoms with Crippen molar-refractivity contribution in [3.8, 4) is 11.1 Å². The van der Waals surface area contributed by atoms with Gasteiger partial charge < -0.3 is 5.32 Å². The molecule has 0 heterocycles. The van der Waals surface area contributed by atoms with Crippen molar-refractivity contribution in [1.82, 2.24) is 0 Å². The van der Waals surface area contributed by atoms with Crippen LogP contribution < -0.4 is 5.32 Å². The maximum absolute atomic E-state index is 3.70. The highest BCUT2D eigenvalue weighted by atomic mass is 14.9. The molecule has 0 radical (unpaired) electrons. The van der Waals surface area contributed by atoms with Gasteiger partial charge in [0.1, 0.15) is 0 Å². The first-order valence-corrected chi connectivity index (χ1v) is 14.1. The Balaban J connectivity index is 1.49. The van der Waals surface area contributed by atoms with Gasteiger partial charge in [-0.05, 0) is 79.4 Å². The van der Waals surface area contributed by atoms with Gasteiger partial charge in [-0.2, -0.15) is 0 Å². The normalized spacial score (nSPS) is 13.6. The molecule has 0 aromatic heterocycles. The maximum atomic E-state index is 3.70. The number of rotatable bonds is 4. The standard InChI is InChI=1S/C39H33N/c1-38(2,3)28-20-22-31(23-21-28)40-32-24-25-35-34(26-32)33-18-10-12-27-13-11-19-36(37(27)33)39(35,29-14-6-4-7-15-29)30-16-8-5-9-17-30/h4-26,40H,1-3H3. The Hall–Kier alpha value is -4.62. The molecule has 1 nitrogen and oxygen atoms in total. The first kappa shape index (κ1) is 24.4. The van der Waals surface area contributed by atoms with Crippen LogP contribution in [0.5, 0.6) is 0 Å². The van der Waals surface area contributed by atoms with Crippen LogP contribution in [-0.4, -0.2) is 0 Å². The molecule has 40 heavy (non-hydrogen) atoms.